The summed E-state index contributed by atoms with van der Waals surface area (Å²) in [5, 5.41) is 10.6. The van der Waals surface area contributed by atoms with Crippen molar-refractivity contribution in [3.63, 3.8) is 0 Å². The fourth-order valence-corrected chi connectivity index (χ4v) is 3.87. The smallest absolute Gasteiger partial charge is 0.244 e. The Morgan fingerprint density at radius 1 is 0.800 bits per heavy atom. The zero-order valence-corrected chi connectivity index (χ0v) is 19.6. The Morgan fingerprint density at radius 3 is 2.29 bits per heavy atom. The minimum atomic E-state index is -0.0784. The lowest BCUT2D eigenvalue weighted by Gasteiger charge is -2.11. The second-order valence-corrected chi connectivity index (χ2v) is 8.46. The molecule has 0 aliphatic rings. The maximum atomic E-state index is 12.6. The van der Waals surface area contributed by atoms with Crippen molar-refractivity contribution in [3.05, 3.63) is 102 Å². The van der Waals surface area contributed by atoms with E-state index in [9.17, 15) is 4.79 Å². The molecule has 0 aliphatic heterocycles. The lowest BCUT2D eigenvalue weighted by atomic mass is 10.2. The zero-order valence-electron chi connectivity index (χ0n) is 19.6. The van der Waals surface area contributed by atoms with E-state index in [4.69, 9.17) is 0 Å². The van der Waals surface area contributed by atoms with Crippen molar-refractivity contribution in [2.24, 2.45) is 0 Å². The first-order valence-corrected chi connectivity index (χ1v) is 11.4. The van der Waals surface area contributed by atoms with Gasteiger partial charge in [-0.3, -0.25) is 4.79 Å². The molecule has 7 nitrogen and oxygen atoms in total. The van der Waals surface area contributed by atoms with Crippen LogP contribution in [0.2, 0.25) is 0 Å². The van der Waals surface area contributed by atoms with Crippen molar-refractivity contribution < 1.29 is 4.79 Å². The summed E-state index contributed by atoms with van der Waals surface area (Å²) in [5.41, 5.74) is 5.61. The fraction of sp³-hybridized carbons (Fsp3) is 0.107. The maximum absolute atomic E-state index is 12.6. The van der Waals surface area contributed by atoms with Crippen molar-refractivity contribution in [1.82, 2.24) is 14.5 Å². The third kappa shape index (κ3) is 5.47. The number of aromatic nitrogens is 3. The molecule has 5 aromatic rings. The quantitative estimate of drug-likeness (QED) is 0.269. The SMILES string of the molecule is Cc1ccc(Nc2nc(C)cc(Nc3ccc(NC(=O)Cn4ccc5ccccc54)cc3)n2)cc1. The molecule has 0 spiro atoms. The lowest BCUT2D eigenvalue weighted by molar-refractivity contribution is -0.116. The Hall–Kier alpha value is -4.65. The highest BCUT2D eigenvalue weighted by Gasteiger charge is 2.08. The summed E-state index contributed by atoms with van der Waals surface area (Å²) in [6, 6.07) is 27.6. The fourth-order valence-electron chi connectivity index (χ4n) is 3.87. The summed E-state index contributed by atoms with van der Waals surface area (Å²) in [7, 11) is 0. The summed E-state index contributed by atoms with van der Waals surface area (Å²) in [4.78, 5) is 21.6. The van der Waals surface area contributed by atoms with Crippen LogP contribution in [0.1, 0.15) is 11.3 Å². The molecule has 174 valence electrons. The van der Waals surface area contributed by atoms with Crippen LogP contribution < -0.4 is 16.0 Å². The minimum absolute atomic E-state index is 0.0784. The first-order chi connectivity index (χ1) is 17.0. The number of para-hydroxylation sites is 1. The number of carbonyl (C=O) groups excluding carboxylic acids is 1. The predicted molar refractivity (Wildman–Crippen MR) is 142 cm³/mol. The number of rotatable bonds is 7. The molecule has 0 radical (unpaired) electrons. The molecule has 0 saturated heterocycles. The van der Waals surface area contributed by atoms with Crippen molar-refractivity contribution in [3.8, 4) is 0 Å². The molecule has 5 rings (SSSR count). The summed E-state index contributed by atoms with van der Waals surface area (Å²) in [6.07, 6.45) is 1.93. The molecular formula is C28H26N6O. The molecule has 2 heterocycles. The second kappa shape index (κ2) is 9.69. The van der Waals surface area contributed by atoms with Crippen LogP contribution in [0.3, 0.4) is 0 Å². The van der Waals surface area contributed by atoms with E-state index in [1.165, 1.54) is 5.56 Å². The third-order valence-electron chi connectivity index (χ3n) is 5.60. The highest BCUT2D eigenvalue weighted by Crippen LogP contribution is 2.21. The molecule has 0 atom stereocenters. The van der Waals surface area contributed by atoms with E-state index in [-0.39, 0.29) is 12.5 Å². The maximum Gasteiger partial charge on any atom is 0.244 e. The standard InChI is InChI=1S/C28H26N6O/c1-19-7-9-24(10-8-19)32-28-29-20(2)17-26(33-28)30-22-11-13-23(14-12-22)31-27(35)18-34-16-15-21-5-3-4-6-25(21)34/h3-17H,18H2,1-2H3,(H,31,35)(H2,29,30,32,33). The second-order valence-electron chi connectivity index (χ2n) is 8.46. The van der Waals surface area contributed by atoms with E-state index >= 15 is 0 Å². The Labute approximate surface area is 203 Å². The van der Waals surface area contributed by atoms with Crippen LogP contribution in [0.15, 0.2) is 91.1 Å². The van der Waals surface area contributed by atoms with Gasteiger partial charge in [0, 0.05) is 40.5 Å². The molecule has 0 aliphatic carbocycles. The average Bonchev–Trinajstić information content (AvgIpc) is 3.24. The topological polar surface area (TPSA) is 83.9 Å². The highest BCUT2D eigenvalue weighted by molar-refractivity contribution is 5.92. The van der Waals surface area contributed by atoms with E-state index in [2.05, 4.69) is 32.8 Å². The number of fused-ring (bicyclic) bond motifs is 1. The molecule has 0 unspecified atom stereocenters. The van der Waals surface area contributed by atoms with E-state index in [0.29, 0.717) is 11.8 Å². The van der Waals surface area contributed by atoms with Crippen molar-refractivity contribution in [1.29, 1.82) is 0 Å². The van der Waals surface area contributed by atoms with Gasteiger partial charge in [0.1, 0.15) is 12.4 Å². The number of benzene rings is 3. The molecule has 3 aromatic carbocycles. The highest BCUT2D eigenvalue weighted by atomic mass is 16.1. The molecule has 1 amide bonds. The zero-order chi connectivity index (χ0) is 24.2. The number of aryl methyl sites for hydroxylation is 2. The van der Waals surface area contributed by atoms with Crippen molar-refractivity contribution >= 4 is 45.6 Å². The summed E-state index contributed by atoms with van der Waals surface area (Å²) in [6.45, 7) is 4.24. The molecule has 2 aromatic heterocycles. The molecule has 0 fully saturated rings. The summed E-state index contributed by atoms with van der Waals surface area (Å²) in [5.74, 6) is 1.13. The lowest BCUT2D eigenvalue weighted by Crippen LogP contribution is -2.18. The van der Waals surface area contributed by atoms with Crippen LogP contribution in [-0.2, 0) is 11.3 Å². The van der Waals surface area contributed by atoms with E-state index in [1.807, 2.05) is 103 Å². The van der Waals surface area contributed by atoms with Crippen LogP contribution in [0.5, 0.6) is 0 Å². The molecule has 35 heavy (non-hydrogen) atoms. The van der Waals surface area contributed by atoms with E-state index < -0.39 is 0 Å². The van der Waals surface area contributed by atoms with Gasteiger partial charge in [0.05, 0.1) is 0 Å². The van der Waals surface area contributed by atoms with Crippen LogP contribution in [0.25, 0.3) is 10.9 Å². The van der Waals surface area contributed by atoms with Gasteiger partial charge in [-0.2, -0.15) is 4.98 Å². The number of carbonyl (C=O) groups is 1. The predicted octanol–water partition coefficient (Wildman–Crippen LogP) is 6.17. The molecule has 0 saturated carbocycles. The third-order valence-corrected chi connectivity index (χ3v) is 5.60. The van der Waals surface area contributed by atoms with E-state index in [1.54, 1.807) is 0 Å². The summed E-state index contributed by atoms with van der Waals surface area (Å²) < 4.78 is 1.94. The van der Waals surface area contributed by atoms with Gasteiger partial charge in [-0.15, -0.1) is 0 Å². The van der Waals surface area contributed by atoms with Gasteiger partial charge in [-0.25, -0.2) is 4.98 Å². The molecule has 7 heteroatoms. The average molecular weight is 463 g/mol. The normalized spacial score (nSPS) is 10.8. The Balaban J connectivity index is 1.22. The monoisotopic (exact) mass is 462 g/mol. The Bertz CT molecular complexity index is 1470. The van der Waals surface area contributed by atoms with Gasteiger partial charge >= 0.3 is 0 Å². The number of hydrogen-bond donors (Lipinski definition) is 3. The Morgan fingerprint density at radius 2 is 1.49 bits per heavy atom. The molecule has 0 bridgehead atoms. The van der Waals surface area contributed by atoms with Crippen molar-refractivity contribution in [2.75, 3.05) is 16.0 Å². The molecule has 3 N–H and O–H groups in total. The summed E-state index contributed by atoms with van der Waals surface area (Å²) >= 11 is 0. The van der Waals surface area contributed by atoms with Crippen LogP contribution in [0.4, 0.5) is 28.8 Å². The van der Waals surface area contributed by atoms with Gasteiger partial charge in [0.15, 0.2) is 0 Å². The first kappa shape index (κ1) is 22.2. The van der Waals surface area contributed by atoms with Gasteiger partial charge in [-0.1, -0.05) is 35.9 Å². The van der Waals surface area contributed by atoms with Gasteiger partial charge in [0.25, 0.3) is 0 Å². The van der Waals surface area contributed by atoms with Crippen LogP contribution >= 0.6 is 0 Å². The van der Waals surface area contributed by atoms with Gasteiger partial charge in [0.2, 0.25) is 11.9 Å². The van der Waals surface area contributed by atoms with Crippen LogP contribution in [-0.4, -0.2) is 20.4 Å². The van der Waals surface area contributed by atoms with Gasteiger partial charge in [-0.05, 0) is 67.8 Å². The number of nitrogens with zero attached hydrogens (tertiary/aromatic N) is 3. The molecular weight excluding hydrogens is 436 g/mol. The van der Waals surface area contributed by atoms with E-state index in [0.717, 1.165) is 33.7 Å². The number of anilines is 5. The van der Waals surface area contributed by atoms with Crippen LogP contribution in [0, 0.1) is 13.8 Å². The van der Waals surface area contributed by atoms with Gasteiger partial charge < -0.3 is 20.5 Å². The Kier molecular flexibility index (Phi) is 6.13. The number of amides is 1. The first-order valence-electron chi connectivity index (χ1n) is 11.4. The van der Waals surface area contributed by atoms with Crippen molar-refractivity contribution in [2.45, 2.75) is 20.4 Å². The minimum Gasteiger partial charge on any atom is -0.340 e. The largest absolute Gasteiger partial charge is 0.340 e. The number of hydrogen-bond acceptors (Lipinski definition) is 5. The number of nitrogens with one attached hydrogen (secondary N) is 3.